The molecule has 0 aliphatic rings. The molecule has 1 unspecified atom stereocenters. The molecular formula is C5H13NOS2. The molecule has 0 amide bonds. The fourth-order valence-electron chi connectivity index (χ4n) is 0.451. The van der Waals surface area contributed by atoms with Crippen molar-refractivity contribution in [1.29, 1.82) is 0 Å². The van der Waals surface area contributed by atoms with Crippen LogP contribution in [0.5, 0.6) is 0 Å². The van der Waals surface area contributed by atoms with E-state index in [1.165, 1.54) is 0 Å². The minimum atomic E-state index is 0.378. The Morgan fingerprint density at radius 2 is 2.22 bits per heavy atom. The van der Waals surface area contributed by atoms with Crippen molar-refractivity contribution >= 4 is 24.7 Å². The molecule has 0 aromatic carbocycles. The molecule has 0 saturated carbocycles. The topological polar surface area (TPSA) is 23.5 Å². The molecule has 0 radical (unpaired) electrons. The van der Waals surface area contributed by atoms with Crippen LogP contribution >= 0.6 is 24.7 Å². The Hall–Kier alpha value is 0.620. The maximum absolute atomic E-state index is 8.47. The van der Waals surface area contributed by atoms with E-state index >= 15 is 0 Å². The summed E-state index contributed by atoms with van der Waals surface area (Å²) in [5.41, 5.74) is 0. The summed E-state index contributed by atoms with van der Waals surface area (Å²) in [6.45, 7) is 0. The van der Waals surface area contributed by atoms with Crippen molar-refractivity contribution in [3.05, 3.63) is 0 Å². The summed E-state index contributed by atoms with van der Waals surface area (Å²) in [4.78, 5) is 2.05. The summed E-state index contributed by atoms with van der Waals surface area (Å²) < 4.78 is 8.47. The Morgan fingerprint density at radius 1 is 1.67 bits per heavy atom. The van der Waals surface area contributed by atoms with Gasteiger partial charge in [-0.3, -0.25) is 0 Å². The molecule has 1 N–H and O–H groups in total. The van der Waals surface area contributed by atoms with Gasteiger partial charge in [-0.1, -0.05) is 0 Å². The Balaban J connectivity index is 3.41. The Kier molecular flexibility index (Phi) is 5.78. The van der Waals surface area contributed by atoms with Crippen molar-refractivity contribution < 1.29 is 4.55 Å². The van der Waals surface area contributed by atoms with Gasteiger partial charge in [0.05, 0.1) is 0 Å². The van der Waals surface area contributed by atoms with E-state index in [1.807, 2.05) is 14.1 Å². The van der Waals surface area contributed by atoms with Gasteiger partial charge in [0.25, 0.3) is 0 Å². The van der Waals surface area contributed by atoms with Gasteiger partial charge in [-0.05, 0) is 26.1 Å². The van der Waals surface area contributed by atoms with E-state index in [0.29, 0.717) is 6.04 Å². The fourth-order valence-corrected chi connectivity index (χ4v) is 1.67. The number of rotatable bonds is 4. The molecule has 0 aliphatic carbocycles. The van der Waals surface area contributed by atoms with Gasteiger partial charge < -0.3 is 9.45 Å². The summed E-state index contributed by atoms with van der Waals surface area (Å²) in [5, 5.41) is 0. The van der Waals surface area contributed by atoms with Crippen LogP contribution in [-0.2, 0) is 0 Å². The Bertz CT molecular complexity index is 70.0. The van der Waals surface area contributed by atoms with Gasteiger partial charge in [0.2, 0.25) is 0 Å². The molecule has 0 aromatic heterocycles. The van der Waals surface area contributed by atoms with Crippen molar-refractivity contribution in [3.63, 3.8) is 0 Å². The van der Waals surface area contributed by atoms with E-state index in [-0.39, 0.29) is 0 Å². The van der Waals surface area contributed by atoms with Crippen molar-refractivity contribution in [2.75, 3.05) is 25.6 Å². The molecule has 0 heterocycles. The average molecular weight is 167 g/mol. The lowest BCUT2D eigenvalue weighted by Crippen LogP contribution is -2.31. The standard InChI is InChI=1S/C5H13NOS2/c1-6(2)5(3-8)4-9-7/h5,7-8H,3-4H2,1-2H3. The second kappa shape index (κ2) is 5.41. The van der Waals surface area contributed by atoms with Crippen LogP contribution in [0.4, 0.5) is 0 Å². The maximum atomic E-state index is 8.47. The van der Waals surface area contributed by atoms with Crippen LogP contribution in [0, 0.1) is 0 Å². The smallest absolute Gasteiger partial charge is 0.0359 e. The minimum Gasteiger partial charge on any atom is -0.330 e. The van der Waals surface area contributed by atoms with Crippen LogP contribution in [0.3, 0.4) is 0 Å². The van der Waals surface area contributed by atoms with Gasteiger partial charge in [-0.25, -0.2) is 0 Å². The summed E-state index contributed by atoms with van der Waals surface area (Å²) >= 11 is 4.99. The van der Waals surface area contributed by atoms with Gasteiger partial charge in [0, 0.05) is 17.5 Å². The number of thiol groups is 1. The second-order valence-electron chi connectivity index (χ2n) is 2.10. The van der Waals surface area contributed by atoms with E-state index in [0.717, 1.165) is 23.5 Å². The molecule has 0 saturated heterocycles. The number of hydrogen-bond acceptors (Lipinski definition) is 4. The SMILES string of the molecule is CN(C)C(CS)CSO. The molecule has 9 heavy (non-hydrogen) atoms. The van der Waals surface area contributed by atoms with Gasteiger partial charge in [0.15, 0.2) is 0 Å². The third kappa shape index (κ3) is 4.08. The summed E-state index contributed by atoms with van der Waals surface area (Å²) in [6, 6.07) is 0.378. The molecule has 56 valence electrons. The average Bonchev–Trinajstić information content (AvgIpc) is 1.82. The molecule has 2 nitrogen and oxygen atoms in total. The first kappa shape index (κ1) is 9.62. The van der Waals surface area contributed by atoms with E-state index in [2.05, 4.69) is 17.5 Å². The first-order valence-electron chi connectivity index (χ1n) is 2.76. The van der Waals surface area contributed by atoms with Crippen LogP contribution in [-0.4, -0.2) is 41.1 Å². The molecule has 0 aromatic rings. The lowest BCUT2D eigenvalue weighted by atomic mass is 10.4. The lowest BCUT2D eigenvalue weighted by Gasteiger charge is -2.20. The maximum Gasteiger partial charge on any atom is 0.0359 e. The summed E-state index contributed by atoms with van der Waals surface area (Å²) in [6.07, 6.45) is 0. The third-order valence-electron chi connectivity index (χ3n) is 1.21. The van der Waals surface area contributed by atoms with Gasteiger partial charge >= 0.3 is 0 Å². The molecule has 4 heteroatoms. The highest BCUT2D eigenvalue weighted by Crippen LogP contribution is 2.03. The van der Waals surface area contributed by atoms with E-state index in [1.54, 1.807) is 0 Å². The monoisotopic (exact) mass is 167 g/mol. The van der Waals surface area contributed by atoms with Crippen LogP contribution < -0.4 is 0 Å². The zero-order valence-corrected chi connectivity index (χ0v) is 7.45. The van der Waals surface area contributed by atoms with Crippen LogP contribution in [0.15, 0.2) is 0 Å². The number of nitrogens with zero attached hydrogens (tertiary/aromatic N) is 1. The zero-order valence-electron chi connectivity index (χ0n) is 5.74. The van der Waals surface area contributed by atoms with Crippen LogP contribution in [0.25, 0.3) is 0 Å². The van der Waals surface area contributed by atoms with E-state index < -0.39 is 0 Å². The van der Waals surface area contributed by atoms with Crippen LogP contribution in [0.2, 0.25) is 0 Å². The highest BCUT2D eigenvalue weighted by molar-refractivity contribution is 7.93. The molecular weight excluding hydrogens is 154 g/mol. The molecule has 0 aliphatic heterocycles. The predicted molar refractivity (Wildman–Crippen MR) is 46.4 cm³/mol. The van der Waals surface area contributed by atoms with Crippen molar-refractivity contribution in [2.24, 2.45) is 0 Å². The summed E-state index contributed by atoms with van der Waals surface area (Å²) in [7, 11) is 3.97. The second-order valence-corrected chi connectivity index (χ2v) is 3.05. The third-order valence-corrected chi connectivity index (χ3v) is 2.16. The minimum absolute atomic E-state index is 0.378. The molecule has 0 fully saturated rings. The van der Waals surface area contributed by atoms with Gasteiger partial charge in [-0.15, -0.1) is 0 Å². The first-order chi connectivity index (χ1) is 4.22. The highest BCUT2D eigenvalue weighted by Gasteiger charge is 2.07. The quantitative estimate of drug-likeness (QED) is 0.483. The van der Waals surface area contributed by atoms with Gasteiger partial charge in [0.1, 0.15) is 0 Å². The van der Waals surface area contributed by atoms with E-state index in [9.17, 15) is 0 Å². The Morgan fingerprint density at radius 3 is 2.33 bits per heavy atom. The van der Waals surface area contributed by atoms with Crippen molar-refractivity contribution in [2.45, 2.75) is 6.04 Å². The lowest BCUT2D eigenvalue weighted by molar-refractivity contribution is 0.343. The molecule has 1 atom stereocenters. The van der Waals surface area contributed by atoms with Crippen LogP contribution in [0.1, 0.15) is 0 Å². The Labute approximate surface area is 66.2 Å². The fraction of sp³-hybridized carbons (Fsp3) is 1.00. The largest absolute Gasteiger partial charge is 0.330 e. The normalized spacial score (nSPS) is 14.3. The zero-order chi connectivity index (χ0) is 7.28. The van der Waals surface area contributed by atoms with E-state index in [4.69, 9.17) is 4.55 Å². The van der Waals surface area contributed by atoms with Crippen molar-refractivity contribution in [1.82, 2.24) is 4.90 Å². The summed E-state index contributed by atoms with van der Waals surface area (Å²) in [5.74, 6) is 1.52. The van der Waals surface area contributed by atoms with Crippen molar-refractivity contribution in [3.8, 4) is 0 Å². The highest BCUT2D eigenvalue weighted by atomic mass is 32.2. The first-order valence-corrected chi connectivity index (χ1v) is 4.33. The molecule has 0 spiro atoms. The predicted octanol–water partition coefficient (Wildman–Crippen LogP) is 1.05. The molecule has 0 rings (SSSR count). The molecule has 0 bridgehead atoms. The number of hydrogen-bond donors (Lipinski definition) is 2. The van der Waals surface area contributed by atoms with Gasteiger partial charge in [-0.2, -0.15) is 12.6 Å².